The van der Waals surface area contributed by atoms with E-state index in [9.17, 15) is 0 Å². The molecule has 0 radical (unpaired) electrons. The molecule has 3 saturated carbocycles. The lowest BCUT2D eigenvalue weighted by Gasteiger charge is -2.35. The fourth-order valence-electron chi connectivity index (χ4n) is 7.61. The van der Waals surface area contributed by atoms with Gasteiger partial charge in [0.15, 0.2) is 0 Å². The summed E-state index contributed by atoms with van der Waals surface area (Å²) in [5, 5.41) is 1.56. The Bertz CT molecular complexity index is 1460. The Kier molecular flexibility index (Phi) is 41.1. The van der Waals surface area contributed by atoms with E-state index in [2.05, 4.69) is 112 Å². The molecule has 4 heteroatoms. The zero-order valence-corrected chi connectivity index (χ0v) is 45.9. The Morgan fingerprint density at radius 3 is 1.70 bits per heavy atom. The Labute approximate surface area is 404 Å². The van der Waals surface area contributed by atoms with Crippen molar-refractivity contribution in [1.29, 1.82) is 0 Å². The van der Waals surface area contributed by atoms with Crippen molar-refractivity contribution in [2.24, 2.45) is 45.0 Å². The van der Waals surface area contributed by atoms with Crippen LogP contribution >= 0.6 is 23.2 Å². The molecule has 0 saturated heterocycles. The first-order chi connectivity index (χ1) is 29.7. The number of allylic oxidation sites excluding steroid dienone is 14. The van der Waals surface area contributed by atoms with Crippen LogP contribution in [0.2, 0.25) is 0 Å². The molecule has 0 aliphatic heterocycles. The maximum Gasteiger partial charge on any atom is 0.0400 e. The number of rotatable bonds is 14. The first kappa shape index (κ1) is 64.9. The van der Waals surface area contributed by atoms with Gasteiger partial charge in [-0.15, -0.1) is 13.2 Å². The van der Waals surface area contributed by atoms with Gasteiger partial charge in [0.05, 0.1) is 0 Å². The summed E-state index contributed by atoms with van der Waals surface area (Å²) in [6.45, 7) is 48.6. The van der Waals surface area contributed by atoms with Crippen molar-refractivity contribution in [1.82, 2.24) is 0 Å². The van der Waals surface area contributed by atoms with Crippen molar-refractivity contribution in [2.45, 2.75) is 220 Å². The van der Waals surface area contributed by atoms with Gasteiger partial charge in [0.1, 0.15) is 0 Å². The predicted octanol–water partition coefficient (Wildman–Crippen LogP) is 21.3. The molecule has 3 atom stereocenters. The highest BCUT2D eigenvalue weighted by Gasteiger charge is 2.28. The Balaban J connectivity index is -0.000000788. The van der Waals surface area contributed by atoms with Crippen molar-refractivity contribution in [3.63, 3.8) is 0 Å². The molecule has 0 bridgehead atoms. The van der Waals surface area contributed by atoms with E-state index in [1.54, 1.807) is 5.57 Å². The van der Waals surface area contributed by atoms with Crippen LogP contribution in [-0.4, -0.2) is 11.4 Å². The van der Waals surface area contributed by atoms with Crippen LogP contribution in [0.4, 0.5) is 0 Å². The van der Waals surface area contributed by atoms with Gasteiger partial charge in [-0.1, -0.05) is 192 Å². The third-order valence-electron chi connectivity index (χ3n) is 12.1. The van der Waals surface area contributed by atoms with Crippen LogP contribution < -0.4 is 0 Å². The minimum Gasteiger partial charge on any atom is -0.263 e. The van der Waals surface area contributed by atoms with Crippen LogP contribution in [0.5, 0.6) is 0 Å². The minimum absolute atomic E-state index is 0.494. The molecule has 0 amide bonds. The molecular weight excluding hydrogens is 808 g/mol. The van der Waals surface area contributed by atoms with E-state index in [0.717, 1.165) is 70.6 Å². The van der Waals surface area contributed by atoms with Gasteiger partial charge >= 0.3 is 0 Å². The summed E-state index contributed by atoms with van der Waals surface area (Å²) < 4.78 is 0. The fourth-order valence-corrected chi connectivity index (χ4v) is 7.73. The lowest BCUT2D eigenvalue weighted by atomic mass is 9.70. The van der Waals surface area contributed by atoms with Gasteiger partial charge in [-0.05, 0) is 153 Å². The van der Waals surface area contributed by atoms with E-state index in [1.165, 1.54) is 100 Å². The lowest BCUT2D eigenvalue weighted by molar-refractivity contribution is 0.179. The molecule has 0 N–H and O–H groups in total. The summed E-state index contributed by atoms with van der Waals surface area (Å²) in [7, 11) is 0. The number of nitrogens with zero attached hydrogens (tertiary/aromatic N) is 2. The molecule has 4 aliphatic carbocycles. The Morgan fingerprint density at radius 2 is 1.32 bits per heavy atom. The van der Waals surface area contributed by atoms with Gasteiger partial charge in [-0.2, -0.15) is 0 Å². The highest BCUT2D eigenvalue weighted by Crippen LogP contribution is 2.41. The van der Waals surface area contributed by atoms with Crippen LogP contribution in [0.25, 0.3) is 0 Å². The molecule has 0 spiro atoms. The standard InChI is InChI=1S/C23H38ClN.C12H18.C10H16ClN.2C5H10.C2H6.C2H4/c1-8-22(20(5)25-19(4)12-11-18(3)24)15-17(2)14-21-10-9-13-23(6,7)16-21;1-4-10(2)11(3)12-8-6-5-7-9-12;1-5-10(12-8(2)3)7-6-9(4)11;2*1-5-3-2-4-5;2*1-2/h11-12,21-22H,2,8-10,13-16H2,1,3-7H3;5-6,8,11H,2,4,7,9H2,1,3H3;6-7H,5H2,1-4H3;2*5H,2-4H2,1H3;1-2H3;1-2H2/b18-11+,19-12+,25-20?;;9-6+,10-7+;;;;. The fraction of sp³-hybridized carbons (Fsp3) is 0.661. The SMILES string of the molecule is C=C.C=C(CC)C(C)C1=CC=CCC1.C=C(CC1CCCC(C)(C)C1)CC(CC)C(C)=N/C(C)=C/C=C(\C)Cl.CC.CC/C(=C\C=C(/C)Cl)N=C(C)C.CC1CCC1.CC1CCC1. The molecule has 4 aliphatic rings. The van der Waals surface area contributed by atoms with Gasteiger partial charge < -0.3 is 0 Å². The van der Waals surface area contributed by atoms with Crippen LogP contribution in [0.15, 0.2) is 117 Å². The summed E-state index contributed by atoms with van der Waals surface area (Å²) in [6, 6.07) is 0. The van der Waals surface area contributed by atoms with Crippen molar-refractivity contribution in [2.75, 3.05) is 0 Å². The second-order valence-corrected chi connectivity index (χ2v) is 20.2. The molecule has 2 nitrogen and oxygen atoms in total. The third kappa shape index (κ3) is 36.5. The number of hydrogen-bond donors (Lipinski definition) is 0. The molecule has 0 aromatic rings. The maximum atomic E-state index is 5.89. The van der Waals surface area contributed by atoms with E-state index in [0.29, 0.717) is 17.3 Å². The topological polar surface area (TPSA) is 24.7 Å². The smallest absolute Gasteiger partial charge is 0.0400 e. The van der Waals surface area contributed by atoms with Gasteiger partial charge in [0.2, 0.25) is 0 Å². The van der Waals surface area contributed by atoms with Gasteiger partial charge in [0, 0.05) is 38.8 Å². The van der Waals surface area contributed by atoms with Crippen molar-refractivity contribution >= 4 is 34.6 Å². The third-order valence-corrected chi connectivity index (χ3v) is 12.4. The normalized spacial score (nSPS) is 19.6. The van der Waals surface area contributed by atoms with Gasteiger partial charge in [0.25, 0.3) is 0 Å². The lowest BCUT2D eigenvalue weighted by Crippen LogP contribution is -2.23. The molecule has 0 heterocycles. The van der Waals surface area contributed by atoms with E-state index in [1.807, 2.05) is 72.8 Å². The summed E-state index contributed by atoms with van der Waals surface area (Å²) in [5.41, 5.74) is 9.18. The molecule has 362 valence electrons. The quantitative estimate of drug-likeness (QED) is 0.0942. The predicted molar refractivity (Wildman–Crippen MR) is 295 cm³/mol. The molecule has 4 rings (SSSR count). The number of aliphatic imine (C=N–C) groups is 2. The molecule has 0 aromatic heterocycles. The van der Waals surface area contributed by atoms with Crippen LogP contribution in [-0.2, 0) is 0 Å². The summed E-state index contributed by atoms with van der Waals surface area (Å²) in [4.78, 5) is 9.12. The highest BCUT2D eigenvalue weighted by molar-refractivity contribution is 6.29. The molecule has 63 heavy (non-hydrogen) atoms. The minimum atomic E-state index is 0.494. The summed E-state index contributed by atoms with van der Waals surface area (Å²) in [6.07, 6.45) is 36.6. The zero-order chi connectivity index (χ0) is 49.0. The second kappa shape index (κ2) is 39.9. The Hall–Kier alpha value is -2.42. The Morgan fingerprint density at radius 1 is 0.794 bits per heavy atom. The zero-order valence-electron chi connectivity index (χ0n) is 44.4. The first-order valence-corrected chi connectivity index (χ1v) is 25.8. The maximum absolute atomic E-state index is 5.89. The van der Waals surface area contributed by atoms with E-state index >= 15 is 0 Å². The largest absolute Gasteiger partial charge is 0.263 e. The van der Waals surface area contributed by atoms with Gasteiger partial charge in [-0.3, -0.25) is 9.98 Å². The first-order valence-electron chi connectivity index (χ1n) is 25.0. The van der Waals surface area contributed by atoms with E-state index in [-0.39, 0.29) is 0 Å². The van der Waals surface area contributed by atoms with Crippen molar-refractivity contribution in [3.8, 4) is 0 Å². The summed E-state index contributed by atoms with van der Waals surface area (Å²) in [5.74, 6) is 4.03. The van der Waals surface area contributed by atoms with E-state index in [4.69, 9.17) is 28.2 Å². The average molecular weight is 910 g/mol. The van der Waals surface area contributed by atoms with E-state index < -0.39 is 0 Å². The van der Waals surface area contributed by atoms with Crippen LogP contribution in [0.1, 0.15) is 220 Å². The van der Waals surface area contributed by atoms with Crippen molar-refractivity contribution in [3.05, 3.63) is 107 Å². The molecule has 3 fully saturated rings. The highest BCUT2D eigenvalue weighted by atomic mass is 35.5. The van der Waals surface area contributed by atoms with Crippen LogP contribution in [0, 0.1) is 35.0 Å². The molecule has 0 aromatic carbocycles. The molecular formula is C59H102Cl2N2. The summed E-state index contributed by atoms with van der Waals surface area (Å²) >= 11 is 11.6. The second-order valence-electron chi connectivity index (χ2n) is 19.0. The average Bonchev–Trinajstić information content (AvgIpc) is 3.23. The van der Waals surface area contributed by atoms with Gasteiger partial charge in [-0.25, -0.2) is 0 Å². The van der Waals surface area contributed by atoms with Crippen LogP contribution in [0.3, 0.4) is 0 Å². The van der Waals surface area contributed by atoms with Crippen molar-refractivity contribution < 1.29 is 0 Å². The number of halogens is 2. The molecule has 3 unspecified atom stereocenters. The number of hydrogen-bond acceptors (Lipinski definition) is 2. The monoisotopic (exact) mass is 909 g/mol.